The maximum Gasteiger partial charge on any atom is 0.123 e. The highest BCUT2D eigenvalue weighted by atomic mass is 16.5. The van der Waals surface area contributed by atoms with Crippen molar-refractivity contribution < 1.29 is 4.74 Å². The molecule has 94 valence electrons. The van der Waals surface area contributed by atoms with Crippen molar-refractivity contribution in [2.24, 2.45) is 5.92 Å². The molecule has 0 aromatic heterocycles. The van der Waals surface area contributed by atoms with Crippen LogP contribution in [0.25, 0.3) is 0 Å². The molecular formula is C15H23NO. The fraction of sp³-hybridized carbons (Fsp3) is 0.600. The van der Waals surface area contributed by atoms with Gasteiger partial charge in [-0.05, 0) is 31.4 Å². The summed E-state index contributed by atoms with van der Waals surface area (Å²) in [5.41, 5.74) is 1.32. The molecule has 0 heterocycles. The average Bonchev–Trinajstić information content (AvgIpc) is 3.18. The Morgan fingerprint density at radius 2 is 2.12 bits per heavy atom. The van der Waals surface area contributed by atoms with Crippen LogP contribution in [-0.4, -0.2) is 13.7 Å². The van der Waals surface area contributed by atoms with Crippen LogP contribution in [0.1, 0.15) is 44.2 Å². The van der Waals surface area contributed by atoms with E-state index in [2.05, 4.69) is 30.4 Å². The highest BCUT2D eigenvalue weighted by Gasteiger charge is 2.27. The zero-order valence-corrected chi connectivity index (χ0v) is 10.9. The van der Waals surface area contributed by atoms with Crippen LogP contribution in [0.5, 0.6) is 5.75 Å². The number of hydrogen-bond acceptors (Lipinski definition) is 2. The molecule has 1 aliphatic carbocycles. The third-order valence-corrected chi connectivity index (χ3v) is 3.42. The monoisotopic (exact) mass is 233 g/mol. The molecule has 1 aliphatic rings. The molecule has 0 bridgehead atoms. The third-order valence-electron chi connectivity index (χ3n) is 3.42. The van der Waals surface area contributed by atoms with Crippen LogP contribution in [0.2, 0.25) is 0 Å². The van der Waals surface area contributed by atoms with Gasteiger partial charge in [0.1, 0.15) is 5.75 Å². The maximum atomic E-state index is 5.47. The average molecular weight is 233 g/mol. The van der Waals surface area contributed by atoms with E-state index in [9.17, 15) is 0 Å². The second-order valence-corrected chi connectivity index (χ2v) is 4.93. The summed E-state index contributed by atoms with van der Waals surface area (Å²) in [6.45, 7) is 3.29. The van der Waals surface area contributed by atoms with E-state index in [1.165, 1.54) is 31.2 Å². The first kappa shape index (κ1) is 12.4. The Morgan fingerprint density at radius 1 is 1.35 bits per heavy atom. The predicted molar refractivity (Wildman–Crippen MR) is 71.4 cm³/mol. The van der Waals surface area contributed by atoms with Crippen molar-refractivity contribution in [2.45, 2.75) is 38.6 Å². The Balaban J connectivity index is 2.10. The molecule has 1 aromatic carbocycles. The number of methoxy groups -OCH3 is 1. The van der Waals surface area contributed by atoms with Crippen molar-refractivity contribution >= 4 is 0 Å². The number of nitrogens with one attached hydrogen (secondary N) is 1. The lowest BCUT2D eigenvalue weighted by Gasteiger charge is -2.21. The Morgan fingerprint density at radius 3 is 2.76 bits per heavy atom. The van der Waals surface area contributed by atoms with Gasteiger partial charge in [-0.25, -0.2) is 0 Å². The molecule has 0 radical (unpaired) electrons. The standard InChI is InChI=1S/C15H23NO/c1-3-10-16-14(11-12-8-9-12)13-6-4-5-7-15(13)17-2/h4-7,12,14,16H,3,8-11H2,1-2H3. The van der Waals surface area contributed by atoms with Gasteiger partial charge in [0.15, 0.2) is 0 Å². The van der Waals surface area contributed by atoms with Crippen LogP contribution in [0.15, 0.2) is 24.3 Å². The number of ether oxygens (including phenoxy) is 1. The van der Waals surface area contributed by atoms with Gasteiger partial charge in [0.05, 0.1) is 7.11 Å². The molecular weight excluding hydrogens is 210 g/mol. The molecule has 2 heteroatoms. The molecule has 17 heavy (non-hydrogen) atoms. The van der Waals surface area contributed by atoms with Gasteiger partial charge in [-0.2, -0.15) is 0 Å². The largest absolute Gasteiger partial charge is 0.496 e. The maximum absolute atomic E-state index is 5.47. The SMILES string of the molecule is CCCNC(CC1CC1)c1ccccc1OC. The number of benzene rings is 1. The predicted octanol–water partition coefficient (Wildman–Crippen LogP) is 3.54. The summed E-state index contributed by atoms with van der Waals surface area (Å²) in [4.78, 5) is 0. The van der Waals surface area contributed by atoms with Gasteiger partial charge in [-0.1, -0.05) is 38.0 Å². The van der Waals surface area contributed by atoms with Gasteiger partial charge in [0, 0.05) is 11.6 Å². The fourth-order valence-corrected chi connectivity index (χ4v) is 2.28. The van der Waals surface area contributed by atoms with Gasteiger partial charge >= 0.3 is 0 Å². The lowest BCUT2D eigenvalue weighted by atomic mass is 10.00. The first-order chi connectivity index (χ1) is 8.35. The second kappa shape index (κ2) is 6.06. The lowest BCUT2D eigenvalue weighted by molar-refractivity contribution is 0.391. The van der Waals surface area contributed by atoms with E-state index in [4.69, 9.17) is 4.74 Å². The minimum Gasteiger partial charge on any atom is -0.496 e. The van der Waals surface area contributed by atoms with Gasteiger partial charge in [-0.15, -0.1) is 0 Å². The van der Waals surface area contributed by atoms with E-state index < -0.39 is 0 Å². The first-order valence-electron chi connectivity index (χ1n) is 6.71. The minimum absolute atomic E-state index is 0.457. The molecule has 2 rings (SSSR count). The molecule has 1 atom stereocenters. The van der Waals surface area contributed by atoms with E-state index in [0.717, 1.165) is 18.2 Å². The summed E-state index contributed by atoms with van der Waals surface area (Å²) in [6, 6.07) is 8.85. The highest BCUT2D eigenvalue weighted by Crippen LogP contribution is 2.39. The third kappa shape index (κ3) is 3.47. The van der Waals surface area contributed by atoms with Crippen molar-refractivity contribution in [3.8, 4) is 5.75 Å². The van der Waals surface area contributed by atoms with E-state index in [1.54, 1.807) is 7.11 Å². The smallest absolute Gasteiger partial charge is 0.123 e. The van der Waals surface area contributed by atoms with Gasteiger partial charge in [0.25, 0.3) is 0 Å². The molecule has 2 nitrogen and oxygen atoms in total. The van der Waals surface area contributed by atoms with Gasteiger partial charge < -0.3 is 10.1 Å². The van der Waals surface area contributed by atoms with Crippen LogP contribution in [0, 0.1) is 5.92 Å². The summed E-state index contributed by atoms with van der Waals surface area (Å²) in [6.07, 6.45) is 5.23. The topological polar surface area (TPSA) is 21.3 Å². The van der Waals surface area contributed by atoms with E-state index >= 15 is 0 Å². The summed E-state index contributed by atoms with van der Waals surface area (Å²) in [5, 5.41) is 3.65. The Labute approximate surface area is 104 Å². The summed E-state index contributed by atoms with van der Waals surface area (Å²) in [5.74, 6) is 1.94. The van der Waals surface area contributed by atoms with Crippen molar-refractivity contribution in [1.82, 2.24) is 5.32 Å². The molecule has 1 fully saturated rings. The first-order valence-corrected chi connectivity index (χ1v) is 6.71. The number of rotatable bonds is 7. The minimum atomic E-state index is 0.457. The van der Waals surface area contributed by atoms with Crippen molar-refractivity contribution in [2.75, 3.05) is 13.7 Å². The Hall–Kier alpha value is -1.02. The van der Waals surface area contributed by atoms with Crippen molar-refractivity contribution in [1.29, 1.82) is 0 Å². The van der Waals surface area contributed by atoms with Crippen molar-refractivity contribution in [3.05, 3.63) is 29.8 Å². The van der Waals surface area contributed by atoms with Gasteiger partial charge in [0.2, 0.25) is 0 Å². The summed E-state index contributed by atoms with van der Waals surface area (Å²) < 4.78 is 5.47. The zero-order valence-electron chi connectivity index (χ0n) is 10.9. The Bertz CT molecular complexity index is 347. The van der Waals surface area contributed by atoms with Crippen LogP contribution in [-0.2, 0) is 0 Å². The molecule has 0 spiro atoms. The second-order valence-electron chi connectivity index (χ2n) is 4.93. The molecule has 1 saturated carbocycles. The van der Waals surface area contributed by atoms with E-state index in [-0.39, 0.29) is 0 Å². The summed E-state index contributed by atoms with van der Waals surface area (Å²) >= 11 is 0. The van der Waals surface area contributed by atoms with Gasteiger partial charge in [-0.3, -0.25) is 0 Å². The molecule has 1 N–H and O–H groups in total. The Kier molecular flexibility index (Phi) is 4.43. The van der Waals surface area contributed by atoms with Crippen LogP contribution < -0.4 is 10.1 Å². The molecule has 1 aromatic rings. The molecule has 0 aliphatic heterocycles. The number of para-hydroxylation sites is 1. The van der Waals surface area contributed by atoms with Crippen molar-refractivity contribution in [3.63, 3.8) is 0 Å². The highest BCUT2D eigenvalue weighted by molar-refractivity contribution is 5.36. The normalized spacial score (nSPS) is 16.8. The molecule has 0 saturated heterocycles. The molecule has 1 unspecified atom stereocenters. The van der Waals surface area contributed by atoms with Crippen LogP contribution in [0.3, 0.4) is 0 Å². The number of hydrogen-bond donors (Lipinski definition) is 1. The fourth-order valence-electron chi connectivity index (χ4n) is 2.28. The van der Waals surface area contributed by atoms with Crippen LogP contribution >= 0.6 is 0 Å². The van der Waals surface area contributed by atoms with E-state index in [0.29, 0.717) is 6.04 Å². The van der Waals surface area contributed by atoms with Crippen LogP contribution in [0.4, 0.5) is 0 Å². The quantitative estimate of drug-likeness (QED) is 0.778. The van der Waals surface area contributed by atoms with E-state index in [1.807, 2.05) is 6.07 Å². The summed E-state index contributed by atoms with van der Waals surface area (Å²) in [7, 11) is 1.76. The zero-order chi connectivity index (χ0) is 12.1. The molecule has 0 amide bonds. The lowest BCUT2D eigenvalue weighted by Crippen LogP contribution is -2.23.